The van der Waals surface area contributed by atoms with Gasteiger partial charge in [0.05, 0.1) is 13.7 Å². The van der Waals surface area contributed by atoms with Crippen molar-refractivity contribution in [3.8, 4) is 5.75 Å². The highest BCUT2D eigenvalue weighted by Gasteiger charge is 1.97. The molecule has 0 aliphatic carbocycles. The van der Waals surface area contributed by atoms with Gasteiger partial charge < -0.3 is 4.74 Å². The van der Waals surface area contributed by atoms with Crippen molar-refractivity contribution >= 4 is 18.6 Å². The quantitative estimate of drug-likeness (QED) is 0.720. The van der Waals surface area contributed by atoms with Crippen molar-refractivity contribution in [1.82, 2.24) is 0 Å². The highest BCUT2D eigenvalue weighted by molar-refractivity contribution is 5.92. The van der Waals surface area contributed by atoms with E-state index in [4.69, 9.17) is 4.74 Å². The first-order chi connectivity index (χ1) is 7.38. The number of ether oxygens (including phenoxy) is 1. The molecular weight excluding hydrogens is 188 g/mol. The van der Waals surface area contributed by atoms with Gasteiger partial charge in [0.2, 0.25) is 0 Å². The van der Waals surface area contributed by atoms with Crippen LogP contribution in [0.15, 0.2) is 39.8 Å². The molecule has 0 N–H and O–H groups in total. The Balaban J connectivity index is 2.16. The Morgan fingerprint density at radius 3 is 2.67 bits per heavy atom. The normalized spacial score (nSPS) is 17.0. The van der Waals surface area contributed by atoms with Crippen LogP contribution in [0.5, 0.6) is 5.75 Å². The number of benzene rings is 1. The van der Waals surface area contributed by atoms with Crippen LogP contribution in [-0.2, 0) is 0 Å². The second-order valence-corrected chi connectivity index (χ2v) is 3.23. The zero-order valence-corrected chi connectivity index (χ0v) is 8.55. The van der Waals surface area contributed by atoms with E-state index >= 15 is 0 Å². The lowest BCUT2D eigenvalue weighted by Crippen LogP contribution is -1.96. The van der Waals surface area contributed by atoms with E-state index < -0.39 is 0 Å². The minimum Gasteiger partial charge on any atom is -0.497 e. The molecule has 0 spiro atoms. The molecule has 0 bridgehead atoms. The zero-order valence-electron chi connectivity index (χ0n) is 8.55. The Morgan fingerprint density at radius 2 is 2.07 bits per heavy atom. The van der Waals surface area contributed by atoms with E-state index in [1.165, 1.54) is 0 Å². The van der Waals surface area contributed by atoms with Crippen molar-refractivity contribution in [3.05, 3.63) is 35.4 Å². The predicted molar refractivity (Wildman–Crippen MR) is 62.8 cm³/mol. The van der Waals surface area contributed by atoms with Gasteiger partial charge >= 0.3 is 0 Å². The van der Waals surface area contributed by atoms with Gasteiger partial charge in [0.15, 0.2) is 0 Å². The monoisotopic (exact) mass is 200 g/mol. The Bertz CT molecular complexity index is 416. The number of hydrogen-bond acceptors (Lipinski definition) is 3. The molecule has 0 aromatic heterocycles. The maximum absolute atomic E-state index is 5.09. The van der Waals surface area contributed by atoms with Crippen LogP contribution in [0, 0.1) is 0 Å². The van der Waals surface area contributed by atoms with Gasteiger partial charge in [0, 0.05) is 6.21 Å². The van der Waals surface area contributed by atoms with E-state index in [9.17, 15) is 0 Å². The van der Waals surface area contributed by atoms with Crippen LogP contribution in [0.25, 0.3) is 6.08 Å². The van der Waals surface area contributed by atoms with Crippen molar-refractivity contribution in [2.24, 2.45) is 9.98 Å². The van der Waals surface area contributed by atoms with Crippen molar-refractivity contribution in [2.45, 2.75) is 0 Å². The fourth-order valence-corrected chi connectivity index (χ4v) is 1.36. The van der Waals surface area contributed by atoms with E-state index in [2.05, 4.69) is 16.1 Å². The molecule has 1 aromatic carbocycles. The summed E-state index contributed by atoms with van der Waals surface area (Å²) in [6, 6.07) is 7.90. The standard InChI is InChI=1S/C12H12N2O/c1-15-12-4-2-10(3-5-12)6-11-7-13-9-14-8-11/h2-7,9H,8H2,1H3. The van der Waals surface area contributed by atoms with Gasteiger partial charge in [-0.25, -0.2) is 4.99 Å². The van der Waals surface area contributed by atoms with Gasteiger partial charge in [-0.1, -0.05) is 12.1 Å². The third-order valence-electron chi connectivity index (χ3n) is 2.13. The molecule has 15 heavy (non-hydrogen) atoms. The van der Waals surface area contributed by atoms with Gasteiger partial charge in [-0.15, -0.1) is 0 Å². The molecule has 1 aliphatic heterocycles. The third kappa shape index (κ3) is 2.53. The molecule has 1 heterocycles. The molecular formula is C12H12N2O. The van der Waals surface area contributed by atoms with E-state index in [1.54, 1.807) is 13.4 Å². The Labute approximate surface area is 88.8 Å². The summed E-state index contributed by atoms with van der Waals surface area (Å²) in [5.41, 5.74) is 2.25. The van der Waals surface area contributed by atoms with Crippen LogP contribution in [0.3, 0.4) is 0 Å². The third-order valence-corrected chi connectivity index (χ3v) is 2.13. The average molecular weight is 200 g/mol. The molecule has 3 nitrogen and oxygen atoms in total. The van der Waals surface area contributed by atoms with Crippen molar-refractivity contribution in [1.29, 1.82) is 0 Å². The summed E-state index contributed by atoms with van der Waals surface area (Å²) < 4.78 is 5.09. The van der Waals surface area contributed by atoms with Gasteiger partial charge in [-0.2, -0.15) is 0 Å². The lowest BCUT2D eigenvalue weighted by Gasteiger charge is -2.02. The average Bonchev–Trinajstić information content (AvgIpc) is 2.31. The van der Waals surface area contributed by atoms with Gasteiger partial charge in [-0.05, 0) is 29.3 Å². The molecule has 0 amide bonds. The number of nitrogens with zero attached hydrogens (tertiary/aromatic N) is 2. The number of hydrogen-bond donors (Lipinski definition) is 0. The van der Waals surface area contributed by atoms with Crippen LogP contribution in [0.1, 0.15) is 5.56 Å². The molecule has 3 heteroatoms. The van der Waals surface area contributed by atoms with Crippen LogP contribution in [0.4, 0.5) is 0 Å². The van der Waals surface area contributed by atoms with Crippen LogP contribution >= 0.6 is 0 Å². The molecule has 0 unspecified atom stereocenters. The highest BCUT2D eigenvalue weighted by atomic mass is 16.5. The number of rotatable bonds is 2. The van der Waals surface area contributed by atoms with Gasteiger partial charge in [0.25, 0.3) is 0 Å². The van der Waals surface area contributed by atoms with Crippen LogP contribution in [0.2, 0.25) is 0 Å². The Hall–Kier alpha value is -1.90. The first kappa shape index (κ1) is 9.65. The Morgan fingerprint density at radius 1 is 1.27 bits per heavy atom. The number of methoxy groups -OCH3 is 1. The van der Waals surface area contributed by atoms with Crippen molar-refractivity contribution in [2.75, 3.05) is 13.7 Å². The smallest absolute Gasteiger partial charge is 0.118 e. The topological polar surface area (TPSA) is 34.0 Å². The fourth-order valence-electron chi connectivity index (χ4n) is 1.36. The minimum atomic E-state index is 0.704. The largest absolute Gasteiger partial charge is 0.497 e. The van der Waals surface area contributed by atoms with E-state index in [-0.39, 0.29) is 0 Å². The molecule has 0 saturated carbocycles. The molecule has 0 atom stereocenters. The molecule has 1 aromatic rings. The first-order valence-corrected chi connectivity index (χ1v) is 4.74. The molecule has 0 saturated heterocycles. The van der Waals surface area contributed by atoms with Gasteiger partial charge in [-0.3, -0.25) is 4.99 Å². The summed E-state index contributed by atoms with van der Waals surface area (Å²) in [7, 11) is 1.66. The fraction of sp³-hybridized carbons (Fsp3) is 0.167. The molecule has 76 valence electrons. The van der Waals surface area contributed by atoms with E-state index in [0.29, 0.717) is 6.54 Å². The Kier molecular flexibility index (Phi) is 2.93. The van der Waals surface area contributed by atoms with E-state index in [0.717, 1.165) is 16.9 Å². The van der Waals surface area contributed by atoms with Crippen LogP contribution in [-0.4, -0.2) is 26.2 Å². The molecule has 0 fully saturated rings. The second kappa shape index (κ2) is 4.55. The zero-order chi connectivity index (χ0) is 10.5. The predicted octanol–water partition coefficient (Wildman–Crippen LogP) is 2.19. The summed E-state index contributed by atoms with van der Waals surface area (Å²) in [5.74, 6) is 0.868. The maximum atomic E-state index is 5.09. The molecule has 2 rings (SSSR count). The van der Waals surface area contributed by atoms with Crippen LogP contribution < -0.4 is 4.74 Å². The molecule has 0 radical (unpaired) electrons. The van der Waals surface area contributed by atoms with Gasteiger partial charge in [0.1, 0.15) is 12.1 Å². The summed E-state index contributed by atoms with van der Waals surface area (Å²) in [6.45, 7) is 0.704. The number of aliphatic imine (C=N–C) groups is 2. The lowest BCUT2D eigenvalue weighted by molar-refractivity contribution is 0.415. The first-order valence-electron chi connectivity index (χ1n) is 4.74. The second-order valence-electron chi connectivity index (χ2n) is 3.23. The lowest BCUT2D eigenvalue weighted by atomic mass is 10.1. The van der Waals surface area contributed by atoms with Crippen molar-refractivity contribution < 1.29 is 4.74 Å². The van der Waals surface area contributed by atoms with Crippen molar-refractivity contribution in [3.63, 3.8) is 0 Å². The summed E-state index contributed by atoms with van der Waals surface area (Å²) in [6.07, 6.45) is 5.47. The minimum absolute atomic E-state index is 0.704. The SMILES string of the molecule is COc1ccc(C=C2C=NC=NC2)cc1. The van der Waals surface area contributed by atoms with E-state index in [1.807, 2.05) is 30.5 Å². The summed E-state index contributed by atoms with van der Waals surface area (Å²) in [5, 5.41) is 0. The molecule has 1 aliphatic rings. The maximum Gasteiger partial charge on any atom is 0.118 e. The summed E-state index contributed by atoms with van der Waals surface area (Å²) >= 11 is 0. The highest BCUT2D eigenvalue weighted by Crippen LogP contribution is 2.14. The summed E-state index contributed by atoms with van der Waals surface area (Å²) in [4.78, 5) is 8.05.